The molecule has 0 fully saturated rings. The Labute approximate surface area is 174 Å². The number of aromatic nitrogens is 2. The Hall–Kier alpha value is -3.05. The van der Waals surface area contributed by atoms with Crippen LogP contribution in [0.2, 0.25) is 0 Å². The first-order valence-electron chi connectivity index (χ1n) is 9.75. The number of imidazole rings is 1. The molecule has 146 valence electrons. The first-order valence-corrected chi connectivity index (χ1v) is 10.9. The number of carbonyl (C=O) groups is 1. The molecule has 0 aliphatic carbocycles. The van der Waals surface area contributed by atoms with Gasteiger partial charge in [0.05, 0.1) is 11.0 Å². The first kappa shape index (κ1) is 19.3. The van der Waals surface area contributed by atoms with Gasteiger partial charge in [-0.15, -0.1) is 0 Å². The molecule has 1 amide bonds. The van der Waals surface area contributed by atoms with Gasteiger partial charge in [-0.2, -0.15) is 11.8 Å². The van der Waals surface area contributed by atoms with E-state index in [9.17, 15) is 4.79 Å². The van der Waals surface area contributed by atoms with Gasteiger partial charge in [0, 0.05) is 23.4 Å². The van der Waals surface area contributed by atoms with Crippen molar-refractivity contribution in [2.75, 3.05) is 11.1 Å². The van der Waals surface area contributed by atoms with E-state index in [1.165, 1.54) is 5.56 Å². The summed E-state index contributed by atoms with van der Waals surface area (Å²) in [5, 5.41) is 3.00. The highest BCUT2D eigenvalue weighted by Crippen LogP contribution is 2.23. The highest BCUT2D eigenvalue weighted by Gasteiger charge is 2.07. The van der Waals surface area contributed by atoms with E-state index >= 15 is 0 Å². The van der Waals surface area contributed by atoms with E-state index in [-0.39, 0.29) is 5.91 Å². The van der Waals surface area contributed by atoms with Gasteiger partial charge in [0.1, 0.15) is 5.82 Å². The van der Waals surface area contributed by atoms with Gasteiger partial charge in [-0.05, 0) is 42.0 Å². The number of fused-ring (bicyclic) bond motifs is 1. The fraction of sp³-hybridized carbons (Fsp3) is 0.167. The minimum absolute atomic E-state index is 0.0482. The molecule has 4 nitrogen and oxygen atoms in total. The second kappa shape index (κ2) is 9.43. The third-order valence-corrected chi connectivity index (χ3v) is 5.73. The second-order valence-electron chi connectivity index (χ2n) is 6.87. The number of nitrogens with zero attached hydrogens (tertiary/aromatic N) is 1. The monoisotopic (exact) mass is 401 g/mol. The molecule has 0 aliphatic heterocycles. The van der Waals surface area contributed by atoms with Crippen LogP contribution < -0.4 is 5.32 Å². The first-order chi connectivity index (χ1) is 14.3. The van der Waals surface area contributed by atoms with Gasteiger partial charge < -0.3 is 10.3 Å². The van der Waals surface area contributed by atoms with E-state index in [1.807, 2.05) is 66.4 Å². The molecule has 4 aromatic rings. The van der Waals surface area contributed by atoms with Crippen molar-refractivity contribution in [2.24, 2.45) is 0 Å². The molecule has 0 atom stereocenters. The zero-order valence-corrected chi connectivity index (χ0v) is 16.9. The molecule has 5 heteroatoms. The smallest absolute Gasteiger partial charge is 0.224 e. The van der Waals surface area contributed by atoms with Crippen molar-refractivity contribution >= 4 is 34.4 Å². The maximum absolute atomic E-state index is 12.3. The van der Waals surface area contributed by atoms with Crippen molar-refractivity contribution in [3.05, 3.63) is 84.4 Å². The van der Waals surface area contributed by atoms with Crippen LogP contribution in [0, 0.1) is 0 Å². The third-order valence-electron chi connectivity index (χ3n) is 4.61. The normalized spacial score (nSPS) is 10.9. The number of benzene rings is 3. The Bertz CT molecular complexity index is 1060. The van der Waals surface area contributed by atoms with E-state index in [0.29, 0.717) is 6.42 Å². The summed E-state index contributed by atoms with van der Waals surface area (Å²) in [5.41, 5.74) is 5.02. The van der Waals surface area contributed by atoms with E-state index in [4.69, 9.17) is 0 Å². The number of hydrogen-bond acceptors (Lipinski definition) is 3. The largest absolute Gasteiger partial charge is 0.338 e. The number of thioether (sulfide) groups is 1. The van der Waals surface area contributed by atoms with Crippen LogP contribution in [0.15, 0.2) is 78.9 Å². The topological polar surface area (TPSA) is 57.8 Å². The quantitative estimate of drug-likeness (QED) is 0.362. The number of rotatable bonds is 8. The minimum atomic E-state index is 0.0482. The van der Waals surface area contributed by atoms with E-state index in [0.717, 1.165) is 46.0 Å². The summed E-state index contributed by atoms with van der Waals surface area (Å²) in [6, 6.07) is 26.2. The van der Waals surface area contributed by atoms with E-state index in [1.54, 1.807) is 0 Å². The van der Waals surface area contributed by atoms with Crippen LogP contribution in [0.5, 0.6) is 0 Å². The van der Waals surface area contributed by atoms with Gasteiger partial charge in [0.15, 0.2) is 0 Å². The summed E-state index contributed by atoms with van der Waals surface area (Å²) in [5.74, 6) is 2.82. The van der Waals surface area contributed by atoms with Crippen LogP contribution in [0.4, 0.5) is 5.69 Å². The van der Waals surface area contributed by atoms with E-state index < -0.39 is 0 Å². The average Bonchev–Trinajstić information content (AvgIpc) is 3.19. The van der Waals surface area contributed by atoms with E-state index in [2.05, 4.69) is 39.6 Å². The summed E-state index contributed by atoms with van der Waals surface area (Å²) in [6.45, 7) is 0. The Balaban J connectivity index is 1.28. The molecule has 0 aliphatic rings. The van der Waals surface area contributed by atoms with Gasteiger partial charge in [-0.1, -0.05) is 54.6 Å². The lowest BCUT2D eigenvalue weighted by Crippen LogP contribution is -2.11. The summed E-state index contributed by atoms with van der Waals surface area (Å²) >= 11 is 1.86. The Kier molecular flexibility index (Phi) is 6.27. The van der Waals surface area contributed by atoms with Gasteiger partial charge in [0.25, 0.3) is 0 Å². The Morgan fingerprint density at radius 3 is 2.66 bits per heavy atom. The van der Waals surface area contributed by atoms with Crippen molar-refractivity contribution in [2.45, 2.75) is 18.6 Å². The van der Waals surface area contributed by atoms with Crippen LogP contribution in [0.3, 0.4) is 0 Å². The summed E-state index contributed by atoms with van der Waals surface area (Å²) in [4.78, 5) is 20.2. The maximum atomic E-state index is 12.3. The van der Waals surface area contributed by atoms with Crippen LogP contribution in [-0.4, -0.2) is 21.6 Å². The van der Waals surface area contributed by atoms with Gasteiger partial charge in [-0.3, -0.25) is 4.79 Å². The number of hydrogen-bond donors (Lipinski definition) is 2. The molecular formula is C24H23N3OS. The Morgan fingerprint density at radius 1 is 0.966 bits per heavy atom. The van der Waals surface area contributed by atoms with Crippen LogP contribution in [0.25, 0.3) is 22.4 Å². The molecule has 29 heavy (non-hydrogen) atoms. The number of aromatic amines is 1. The summed E-state index contributed by atoms with van der Waals surface area (Å²) in [7, 11) is 0. The number of H-pyrrole nitrogens is 1. The lowest BCUT2D eigenvalue weighted by molar-refractivity contribution is -0.116. The van der Waals surface area contributed by atoms with Crippen molar-refractivity contribution in [1.29, 1.82) is 0 Å². The fourth-order valence-corrected chi connectivity index (χ4v) is 4.08. The molecule has 0 saturated heterocycles. The molecule has 0 saturated carbocycles. The molecule has 3 aromatic carbocycles. The van der Waals surface area contributed by atoms with Crippen LogP contribution in [-0.2, 0) is 10.5 Å². The zero-order valence-electron chi connectivity index (χ0n) is 16.1. The van der Waals surface area contributed by atoms with Crippen LogP contribution >= 0.6 is 11.8 Å². The SMILES string of the molecule is O=C(CCCSCc1ccccc1)Nc1cccc(-c2nc3ccccc3[nH]2)c1. The molecule has 0 unspecified atom stereocenters. The van der Waals surface area contributed by atoms with Crippen molar-refractivity contribution in [3.8, 4) is 11.4 Å². The number of carbonyl (C=O) groups excluding carboxylic acids is 1. The second-order valence-corrected chi connectivity index (χ2v) is 7.98. The van der Waals surface area contributed by atoms with Gasteiger partial charge in [0.2, 0.25) is 5.91 Å². The zero-order chi connectivity index (χ0) is 19.9. The summed E-state index contributed by atoms with van der Waals surface area (Å²) in [6.07, 6.45) is 1.39. The molecule has 0 radical (unpaired) electrons. The molecule has 0 bridgehead atoms. The standard InChI is InChI=1S/C24H23N3OS/c28-23(14-7-15-29-17-18-8-2-1-3-9-18)25-20-11-6-10-19(16-20)24-26-21-12-4-5-13-22(21)27-24/h1-6,8-13,16H,7,14-15,17H2,(H,25,28)(H,26,27). The predicted molar refractivity (Wildman–Crippen MR) is 122 cm³/mol. The van der Waals surface area contributed by atoms with Crippen LogP contribution in [0.1, 0.15) is 18.4 Å². The third kappa shape index (κ3) is 5.27. The molecular weight excluding hydrogens is 378 g/mol. The molecule has 2 N–H and O–H groups in total. The van der Waals surface area contributed by atoms with Crippen molar-refractivity contribution in [1.82, 2.24) is 9.97 Å². The number of amides is 1. The molecule has 0 spiro atoms. The highest BCUT2D eigenvalue weighted by atomic mass is 32.2. The average molecular weight is 402 g/mol. The number of para-hydroxylation sites is 2. The number of nitrogens with one attached hydrogen (secondary N) is 2. The highest BCUT2D eigenvalue weighted by molar-refractivity contribution is 7.98. The predicted octanol–water partition coefficient (Wildman–Crippen LogP) is 5.88. The molecule has 4 rings (SSSR count). The lowest BCUT2D eigenvalue weighted by Gasteiger charge is -2.07. The maximum Gasteiger partial charge on any atom is 0.224 e. The fourth-order valence-electron chi connectivity index (χ4n) is 3.16. The van der Waals surface area contributed by atoms with Gasteiger partial charge in [-0.25, -0.2) is 4.98 Å². The van der Waals surface area contributed by atoms with Crippen molar-refractivity contribution in [3.63, 3.8) is 0 Å². The molecule has 1 heterocycles. The Morgan fingerprint density at radius 2 is 1.79 bits per heavy atom. The van der Waals surface area contributed by atoms with Crippen molar-refractivity contribution < 1.29 is 4.79 Å². The molecule has 1 aromatic heterocycles. The number of anilines is 1. The lowest BCUT2D eigenvalue weighted by atomic mass is 10.2. The summed E-state index contributed by atoms with van der Waals surface area (Å²) < 4.78 is 0. The minimum Gasteiger partial charge on any atom is -0.338 e. The van der Waals surface area contributed by atoms with Gasteiger partial charge >= 0.3 is 0 Å².